The van der Waals surface area contributed by atoms with Crippen LogP contribution in [0.5, 0.6) is 0 Å². The predicted molar refractivity (Wildman–Crippen MR) is 265 cm³/mol. The van der Waals surface area contributed by atoms with Crippen molar-refractivity contribution in [3.8, 4) is 0 Å². The van der Waals surface area contributed by atoms with Crippen molar-refractivity contribution in [3.63, 3.8) is 0 Å². The van der Waals surface area contributed by atoms with Gasteiger partial charge in [-0.2, -0.15) is 0 Å². The van der Waals surface area contributed by atoms with Crippen molar-refractivity contribution < 1.29 is 0 Å². The second kappa shape index (κ2) is 18.1. The molecule has 2 atom stereocenters. The van der Waals surface area contributed by atoms with Crippen LogP contribution in [-0.2, 0) is 0 Å². The number of nitrogens with zero attached hydrogens (tertiary/aromatic N) is 4. The van der Waals surface area contributed by atoms with Crippen LogP contribution in [0.15, 0.2) is 224 Å². The van der Waals surface area contributed by atoms with E-state index in [0.29, 0.717) is 5.92 Å². The molecule has 0 N–H and O–H groups in total. The third kappa shape index (κ3) is 8.64. The van der Waals surface area contributed by atoms with E-state index < -0.39 is 0 Å². The summed E-state index contributed by atoms with van der Waals surface area (Å²) in [5, 5.41) is 0. The first-order chi connectivity index (χ1) is 30.4. The maximum Gasteiger partial charge on any atom is 0.0559 e. The van der Waals surface area contributed by atoms with Gasteiger partial charge in [-0.05, 0) is 178 Å². The molecule has 62 heavy (non-hydrogen) atoms. The van der Waals surface area contributed by atoms with Crippen LogP contribution < -0.4 is 19.6 Å². The van der Waals surface area contributed by atoms with E-state index >= 15 is 0 Å². The number of hydrogen-bond donors (Lipinski definition) is 0. The highest BCUT2D eigenvalue weighted by Crippen LogP contribution is 2.43. The quantitative estimate of drug-likeness (QED) is 0.122. The standard InChI is InChI=1S/C58H54N4/c1-43-16-13-24-55(40-43)60(47-20-7-5-8-21-47)52-32-28-49(29-33-52)59(50-30-34-53(35-31-50)61(48-22-9-6-10-23-48)56-25-14-17-44(2)41-56)51-36-38-54(39-37-51)62(57-26-15-18-45(3)42-57)58-27-12-11-19-46(58)4/h5-18,20-22,24-42,46,48H,19,23H2,1-4H3/t46?,48-/m0/s1. The minimum Gasteiger partial charge on any atom is -0.334 e. The van der Waals surface area contributed by atoms with Gasteiger partial charge < -0.3 is 19.6 Å². The zero-order valence-corrected chi connectivity index (χ0v) is 36.1. The smallest absolute Gasteiger partial charge is 0.0559 e. The fraction of sp³-hybridized carbons (Fsp3) is 0.138. The summed E-state index contributed by atoms with van der Waals surface area (Å²) >= 11 is 0. The Labute approximate surface area is 368 Å². The number of benzene rings is 7. The molecule has 9 rings (SSSR count). The normalized spacial score (nSPS) is 15.5. The highest BCUT2D eigenvalue weighted by molar-refractivity contribution is 5.83. The molecule has 0 aromatic heterocycles. The second-order valence-electron chi connectivity index (χ2n) is 16.6. The fourth-order valence-electron chi connectivity index (χ4n) is 8.81. The summed E-state index contributed by atoms with van der Waals surface area (Å²) < 4.78 is 0. The average Bonchev–Trinajstić information content (AvgIpc) is 3.30. The number of hydrogen-bond acceptors (Lipinski definition) is 4. The van der Waals surface area contributed by atoms with Crippen LogP contribution in [0.2, 0.25) is 0 Å². The van der Waals surface area contributed by atoms with E-state index in [-0.39, 0.29) is 6.04 Å². The predicted octanol–water partition coefficient (Wildman–Crippen LogP) is 16.2. The molecule has 0 fully saturated rings. The topological polar surface area (TPSA) is 13.0 Å². The van der Waals surface area contributed by atoms with E-state index in [0.717, 1.165) is 58.3 Å². The first-order valence-electron chi connectivity index (χ1n) is 21.8. The molecule has 0 amide bonds. The third-order valence-corrected chi connectivity index (χ3v) is 11.9. The number of anilines is 10. The van der Waals surface area contributed by atoms with Gasteiger partial charge in [0.2, 0.25) is 0 Å². The molecule has 0 radical (unpaired) electrons. The highest BCUT2D eigenvalue weighted by atomic mass is 15.2. The molecule has 2 aliphatic carbocycles. The molecule has 0 bridgehead atoms. The van der Waals surface area contributed by atoms with Crippen LogP contribution in [-0.4, -0.2) is 6.04 Å². The summed E-state index contributed by atoms with van der Waals surface area (Å²) in [7, 11) is 0. The molecule has 0 heterocycles. The van der Waals surface area contributed by atoms with Gasteiger partial charge in [-0.1, -0.05) is 98.0 Å². The van der Waals surface area contributed by atoms with Gasteiger partial charge in [-0.3, -0.25) is 0 Å². The maximum absolute atomic E-state index is 2.46. The van der Waals surface area contributed by atoms with Crippen molar-refractivity contribution in [1.29, 1.82) is 0 Å². The molecule has 1 unspecified atom stereocenters. The van der Waals surface area contributed by atoms with E-state index in [2.05, 4.69) is 266 Å². The van der Waals surface area contributed by atoms with Crippen molar-refractivity contribution in [1.82, 2.24) is 0 Å². The summed E-state index contributed by atoms with van der Waals surface area (Å²) in [6.45, 7) is 8.80. The molecule has 0 aliphatic heterocycles. The first kappa shape index (κ1) is 40.1. The molecule has 0 saturated carbocycles. The van der Waals surface area contributed by atoms with Crippen molar-refractivity contribution >= 4 is 56.9 Å². The monoisotopic (exact) mass is 806 g/mol. The van der Waals surface area contributed by atoms with Crippen molar-refractivity contribution in [2.45, 2.75) is 46.6 Å². The Morgan fingerprint density at radius 2 is 0.790 bits per heavy atom. The number of allylic oxidation sites excluding steroid dienone is 6. The van der Waals surface area contributed by atoms with Crippen molar-refractivity contribution in [2.75, 3.05) is 19.6 Å². The van der Waals surface area contributed by atoms with Crippen molar-refractivity contribution in [3.05, 3.63) is 241 Å². The Bertz CT molecular complexity index is 2740. The molecular weight excluding hydrogens is 753 g/mol. The van der Waals surface area contributed by atoms with Crippen LogP contribution in [0, 0.1) is 26.7 Å². The Hall–Kier alpha value is -7.30. The Morgan fingerprint density at radius 3 is 1.29 bits per heavy atom. The number of aryl methyl sites for hydroxylation is 3. The molecule has 0 spiro atoms. The molecule has 2 aliphatic rings. The summed E-state index contributed by atoms with van der Waals surface area (Å²) in [4.78, 5) is 9.59. The van der Waals surface area contributed by atoms with Crippen LogP contribution in [0.4, 0.5) is 56.9 Å². The average molecular weight is 807 g/mol. The Morgan fingerprint density at radius 1 is 0.371 bits per heavy atom. The van der Waals surface area contributed by atoms with Crippen LogP contribution >= 0.6 is 0 Å². The molecule has 7 aromatic carbocycles. The van der Waals surface area contributed by atoms with Gasteiger partial charge in [-0.15, -0.1) is 0 Å². The third-order valence-electron chi connectivity index (χ3n) is 11.9. The largest absolute Gasteiger partial charge is 0.334 e. The van der Waals surface area contributed by atoms with Crippen LogP contribution in [0.1, 0.15) is 36.5 Å². The SMILES string of the molecule is Cc1cccc(N(C2=CC=CCC2C)c2ccc(N(c3ccc(N(c4ccccc4)c4cccc(C)c4)cc3)c3ccc(N(c4cccc(C)c4)[C@H]4C=CC=CC4)cc3)cc2)c1. The summed E-state index contributed by atoms with van der Waals surface area (Å²) in [6.07, 6.45) is 17.6. The van der Waals surface area contributed by atoms with E-state index in [1.807, 2.05) is 0 Å². The van der Waals surface area contributed by atoms with E-state index in [9.17, 15) is 0 Å². The second-order valence-corrected chi connectivity index (χ2v) is 16.6. The minimum atomic E-state index is 0.221. The first-order valence-corrected chi connectivity index (χ1v) is 21.8. The molecule has 4 nitrogen and oxygen atoms in total. The minimum absolute atomic E-state index is 0.221. The van der Waals surface area contributed by atoms with Crippen molar-refractivity contribution in [2.24, 2.45) is 5.92 Å². The molecule has 0 saturated heterocycles. The zero-order chi connectivity index (χ0) is 42.4. The summed E-state index contributed by atoms with van der Waals surface area (Å²) in [5.41, 5.74) is 16.3. The van der Waals surface area contributed by atoms with Crippen LogP contribution in [0.3, 0.4) is 0 Å². The summed E-state index contributed by atoms with van der Waals surface area (Å²) in [6, 6.07) is 64.4. The lowest BCUT2D eigenvalue weighted by molar-refractivity contribution is 0.670. The Kier molecular flexibility index (Phi) is 11.7. The lowest BCUT2D eigenvalue weighted by Gasteiger charge is -2.34. The lowest BCUT2D eigenvalue weighted by atomic mass is 9.96. The number of para-hydroxylation sites is 1. The van der Waals surface area contributed by atoms with Gasteiger partial charge in [0.15, 0.2) is 0 Å². The van der Waals surface area contributed by atoms with E-state index in [1.165, 1.54) is 33.8 Å². The fourth-order valence-corrected chi connectivity index (χ4v) is 8.81. The van der Waals surface area contributed by atoms with Gasteiger partial charge in [0.1, 0.15) is 0 Å². The molecule has 4 heteroatoms. The zero-order valence-electron chi connectivity index (χ0n) is 36.1. The highest BCUT2D eigenvalue weighted by Gasteiger charge is 2.24. The van der Waals surface area contributed by atoms with Gasteiger partial charge in [0.05, 0.1) is 6.04 Å². The van der Waals surface area contributed by atoms with E-state index in [1.54, 1.807) is 0 Å². The van der Waals surface area contributed by atoms with Gasteiger partial charge in [0, 0.05) is 68.5 Å². The van der Waals surface area contributed by atoms with Gasteiger partial charge in [-0.25, -0.2) is 0 Å². The van der Waals surface area contributed by atoms with Gasteiger partial charge >= 0.3 is 0 Å². The van der Waals surface area contributed by atoms with Gasteiger partial charge in [0.25, 0.3) is 0 Å². The maximum atomic E-state index is 2.46. The molecule has 306 valence electrons. The van der Waals surface area contributed by atoms with E-state index in [4.69, 9.17) is 0 Å². The molecular formula is C58H54N4. The molecule has 7 aromatic rings. The lowest BCUT2D eigenvalue weighted by Crippen LogP contribution is -2.29. The number of rotatable bonds is 12. The Balaban J connectivity index is 1.13. The summed E-state index contributed by atoms with van der Waals surface area (Å²) in [5.74, 6) is 0.392. The van der Waals surface area contributed by atoms with Crippen LogP contribution in [0.25, 0.3) is 0 Å².